The zero-order valence-electron chi connectivity index (χ0n) is 12.7. The average Bonchev–Trinajstić information content (AvgIpc) is 2.54. The van der Waals surface area contributed by atoms with Crippen molar-refractivity contribution in [3.63, 3.8) is 0 Å². The van der Waals surface area contributed by atoms with E-state index in [-0.39, 0.29) is 0 Å². The van der Waals surface area contributed by atoms with Crippen molar-refractivity contribution >= 4 is 6.21 Å². The van der Waals surface area contributed by atoms with Gasteiger partial charge in [-0.2, -0.15) is 0 Å². The molecule has 5 heteroatoms. The van der Waals surface area contributed by atoms with Gasteiger partial charge >= 0.3 is 0 Å². The average molecular weight is 301 g/mol. The largest absolute Gasteiger partial charge is 0.493 e. The zero-order chi connectivity index (χ0) is 15.8. The standard InChI is InChI=1S/C17H19NO4/c1-13-5-3-4-6-15(13)21-9-10-22-16-8-7-14(12-18-19)11-17(16)20-2/h3-8,11-12,19H,9-10H2,1-2H3. The Morgan fingerprint density at radius 1 is 1.00 bits per heavy atom. The number of nitrogens with zero attached hydrogens (tertiary/aromatic N) is 1. The van der Waals surface area contributed by atoms with Crippen LogP contribution in [-0.4, -0.2) is 31.7 Å². The van der Waals surface area contributed by atoms with Gasteiger partial charge in [0, 0.05) is 5.56 Å². The van der Waals surface area contributed by atoms with E-state index in [2.05, 4.69) is 5.16 Å². The molecular formula is C17H19NO4. The number of benzene rings is 2. The lowest BCUT2D eigenvalue weighted by Gasteiger charge is -2.12. The fraction of sp³-hybridized carbons (Fsp3) is 0.235. The first-order valence-corrected chi connectivity index (χ1v) is 6.91. The molecule has 0 saturated heterocycles. The van der Waals surface area contributed by atoms with Gasteiger partial charge < -0.3 is 19.4 Å². The van der Waals surface area contributed by atoms with Gasteiger partial charge in [-0.3, -0.25) is 0 Å². The number of hydrogen-bond donors (Lipinski definition) is 1. The summed E-state index contributed by atoms with van der Waals surface area (Å²) in [5.41, 5.74) is 1.82. The van der Waals surface area contributed by atoms with Crippen molar-refractivity contribution in [3.05, 3.63) is 53.6 Å². The molecule has 1 N–H and O–H groups in total. The van der Waals surface area contributed by atoms with Crippen LogP contribution in [0.1, 0.15) is 11.1 Å². The summed E-state index contributed by atoms with van der Waals surface area (Å²) in [6, 6.07) is 13.1. The van der Waals surface area contributed by atoms with E-state index in [4.69, 9.17) is 19.4 Å². The van der Waals surface area contributed by atoms with Crippen molar-refractivity contribution < 1.29 is 19.4 Å². The summed E-state index contributed by atoms with van der Waals surface area (Å²) in [5, 5.41) is 11.5. The van der Waals surface area contributed by atoms with Crippen molar-refractivity contribution in [3.8, 4) is 17.2 Å². The number of hydrogen-bond acceptors (Lipinski definition) is 5. The Morgan fingerprint density at radius 2 is 1.73 bits per heavy atom. The minimum atomic E-state index is 0.401. The zero-order valence-corrected chi connectivity index (χ0v) is 12.7. The van der Waals surface area contributed by atoms with Crippen molar-refractivity contribution in [2.24, 2.45) is 5.16 Å². The highest BCUT2D eigenvalue weighted by Crippen LogP contribution is 2.27. The summed E-state index contributed by atoms with van der Waals surface area (Å²) in [6.45, 7) is 2.84. The molecular weight excluding hydrogens is 282 g/mol. The van der Waals surface area contributed by atoms with E-state index in [1.54, 1.807) is 25.3 Å². The normalized spacial score (nSPS) is 10.6. The second kappa shape index (κ2) is 7.93. The van der Waals surface area contributed by atoms with Crippen LogP contribution < -0.4 is 14.2 Å². The number of rotatable bonds is 7. The van der Waals surface area contributed by atoms with E-state index in [1.807, 2.05) is 31.2 Å². The Morgan fingerprint density at radius 3 is 2.41 bits per heavy atom. The Bertz CT molecular complexity index is 640. The van der Waals surface area contributed by atoms with Crippen LogP contribution in [0.25, 0.3) is 0 Å². The minimum absolute atomic E-state index is 0.401. The monoisotopic (exact) mass is 301 g/mol. The Labute approximate surface area is 129 Å². The molecule has 0 saturated carbocycles. The molecule has 0 aliphatic heterocycles. The number of oxime groups is 1. The molecule has 0 amide bonds. The summed E-state index contributed by atoms with van der Waals surface area (Å²) >= 11 is 0. The Kier molecular flexibility index (Phi) is 5.65. The van der Waals surface area contributed by atoms with Gasteiger partial charge in [0.25, 0.3) is 0 Å². The van der Waals surface area contributed by atoms with E-state index in [0.29, 0.717) is 24.7 Å². The van der Waals surface area contributed by atoms with E-state index in [1.165, 1.54) is 6.21 Å². The van der Waals surface area contributed by atoms with Crippen LogP contribution >= 0.6 is 0 Å². The first-order chi connectivity index (χ1) is 10.7. The third-order valence-electron chi connectivity index (χ3n) is 3.09. The molecule has 0 aliphatic carbocycles. The van der Waals surface area contributed by atoms with Crippen molar-refractivity contribution in [2.75, 3.05) is 20.3 Å². The molecule has 2 aromatic carbocycles. The number of methoxy groups -OCH3 is 1. The second-order valence-electron chi connectivity index (χ2n) is 4.62. The Hall–Kier alpha value is -2.69. The molecule has 2 aromatic rings. The van der Waals surface area contributed by atoms with Crippen LogP contribution in [0, 0.1) is 6.92 Å². The van der Waals surface area contributed by atoms with Crippen LogP contribution in [0.2, 0.25) is 0 Å². The van der Waals surface area contributed by atoms with E-state index in [9.17, 15) is 0 Å². The molecule has 0 spiro atoms. The van der Waals surface area contributed by atoms with Crippen LogP contribution in [0.15, 0.2) is 47.6 Å². The molecule has 0 heterocycles. The van der Waals surface area contributed by atoms with E-state index < -0.39 is 0 Å². The van der Waals surface area contributed by atoms with Gasteiger partial charge in [-0.25, -0.2) is 0 Å². The topological polar surface area (TPSA) is 60.3 Å². The quantitative estimate of drug-likeness (QED) is 0.369. The van der Waals surface area contributed by atoms with Crippen molar-refractivity contribution in [2.45, 2.75) is 6.92 Å². The maximum atomic E-state index is 8.54. The van der Waals surface area contributed by atoms with Crippen LogP contribution in [0.3, 0.4) is 0 Å². The lowest BCUT2D eigenvalue weighted by Crippen LogP contribution is -2.10. The maximum absolute atomic E-state index is 8.54. The van der Waals surface area contributed by atoms with E-state index >= 15 is 0 Å². The molecule has 2 rings (SSSR count). The Balaban J connectivity index is 1.90. The van der Waals surface area contributed by atoms with Gasteiger partial charge in [-0.1, -0.05) is 23.4 Å². The molecule has 0 fully saturated rings. The van der Waals surface area contributed by atoms with Crippen LogP contribution in [-0.2, 0) is 0 Å². The molecule has 116 valence electrons. The summed E-state index contributed by atoms with van der Waals surface area (Å²) in [6.07, 6.45) is 1.33. The maximum Gasteiger partial charge on any atom is 0.161 e. The molecule has 0 aliphatic rings. The highest BCUT2D eigenvalue weighted by atomic mass is 16.5. The molecule has 0 bridgehead atoms. The molecule has 0 atom stereocenters. The summed E-state index contributed by atoms with van der Waals surface area (Å²) in [4.78, 5) is 0. The fourth-order valence-electron chi connectivity index (χ4n) is 1.97. The summed E-state index contributed by atoms with van der Waals surface area (Å²) in [5.74, 6) is 2.05. The number of ether oxygens (including phenoxy) is 3. The third kappa shape index (κ3) is 4.15. The first-order valence-electron chi connectivity index (χ1n) is 6.91. The van der Waals surface area contributed by atoms with Crippen molar-refractivity contribution in [1.82, 2.24) is 0 Å². The fourth-order valence-corrected chi connectivity index (χ4v) is 1.97. The smallest absolute Gasteiger partial charge is 0.161 e. The van der Waals surface area contributed by atoms with Gasteiger partial charge in [0.05, 0.1) is 13.3 Å². The lowest BCUT2D eigenvalue weighted by molar-refractivity contribution is 0.210. The number of para-hydroxylation sites is 1. The minimum Gasteiger partial charge on any atom is -0.493 e. The molecule has 5 nitrogen and oxygen atoms in total. The summed E-state index contributed by atoms with van der Waals surface area (Å²) in [7, 11) is 1.56. The highest BCUT2D eigenvalue weighted by molar-refractivity contribution is 5.80. The van der Waals surface area contributed by atoms with Crippen LogP contribution in [0.5, 0.6) is 17.2 Å². The van der Waals surface area contributed by atoms with Gasteiger partial charge in [-0.15, -0.1) is 0 Å². The molecule has 0 unspecified atom stereocenters. The van der Waals surface area contributed by atoms with Crippen molar-refractivity contribution in [1.29, 1.82) is 0 Å². The predicted octanol–water partition coefficient (Wildman–Crippen LogP) is 3.27. The predicted molar refractivity (Wildman–Crippen MR) is 84.5 cm³/mol. The van der Waals surface area contributed by atoms with Gasteiger partial charge in [0.1, 0.15) is 19.0 Å². The SMILES string of the molecule is COc1cc(C=NO)ccc1OCCOc1ccccc1C. The van der Waals surface area contributed by atoms with Crippen LogP contribution in [0.4, 0.5) is 0 Å². The lowest BCUT2D eigenvalue weighted by atomic mass is 10.2. The molecule has 0 aromatic heterocycles. The van der Waals surface area contributed by atoms with Gasteiger partial charge in [0.15, 0.2) is 11.5 Å². The second-order valence-corrected chi connectivity index (χ2v) is 4.62. The highest BCUT2D eigenvalue weighted by Gasteiger charge is 2.05. The van der Waals surface area contributed by atoms with E-state index in [0.717, 1.165) is 16.9 Å². The van der Waals surface area contributed by atoms with Gasteiger partial charge in [-0.05, 0) is 36.8 Å². The first kappa shape index (κ1) is 15.7. The molecule has 22 heavy (non-hydrogen) atoms. The van der Waals surface area contributed by atoms with Gasteiger partial charge in [0.2, 0.25) is 0 Å². The molecule has 0 radical (unpaired) electrons. The summed E-state index contributed by atoms with van der Waals surface area (Å²) < 4.78 is 16.6. The number of aryl methyl sites for hydroxylation is 1. The third-order valence-corrected chi connectivity index (χ3v) is 3.09.